The van der Waals surface area contributed by atoms with Gasteiger partial charge in [0.2, 0.25) is 0 Å². The summed E-state index contributed by atoms with van der Waals surface area (Å²) in [5.74, 6) is 1.02. The van der Waals surface area contributed by atoms with E-state index in [1.54, 1.807) is 7.11 Å². The van der Waals surface area contributed by atoms with Crippen molar-refractivity contribution in [1.29, 1.82) is 0 Å². The molecule has 0 radical (unpaired) electrons. The Kier molecular flexibility index (Phi) is 4.77. The van der Waals surface area contributed by atoms with Gasteiger partial charge in [-0.15, -0.1) is 0 Å². The van der Waals surface area contributed by atoms with Crippen LogP contribution in [0.15, 0.2) is 0 Å². The molecule has 0 N–H and O–H groups in total. The molecule has 1 nitrogen and oxygen atoms in total. The van der Waals surface area contributed by atoms with Crippen LogP contribution in [0, 0.1) is 0 Å². The third-order valence-corrected chi connectivity index (χ3v) is 2.04. The average molecular weight is 118 g/mol. The topological polar surface area (TPSA) is 9.23 Å². The van der Waals surface area contributed by atoms with Crippen molar-refractivity contribution in [2.75, 3.05) is 12.9 Å². The number of thiol groups is 1. The van der Waals surface area contributed by atoms with Gasteiger partial charge in [0.25, 0.3) is 0 Å². The van der Waals surface area contributed by atoms with E-state index in [2.05, 4.69) is 6.92 Å². The summed E-state index contributed by atoms with van der Waals surface area (Å²) in [4.78, 5) is 0. The first-order chi connectivity index (χ1) is 3.31. The van der Waals surface area contributed by atoms with Crippen LogP contribution in [0.1, 0.15) is 13.3 Å². The van der Waals surface area contributed by atoms with E-state index in [0.29, 0.717) is 0 Å². The van der Waals surface area contributed by atoms with Crippen molar-refractivity contribution >= 4 is 16.9 Å². The maximum absolute atomic E-state index is 5.43. The Hall–Kier alpha value is 0.375. The molecule has 0 spiro atoms. The zero-order chi connectivity index (χ0) is 5.70. The van der Waals surface area contributed by atoms with Crippen LogP contribution in [0.25, 0.3) is 0 Å². The van der Waals surface area contributed by atoms with Gasteiger partial charge in [-0.2, -0.15) is 0 Å². The van der Waals surface area contributed by atoms with E-state index < -0.39 is 10.4 Å². The van der Waals surface area contributed by atoms with Crippen LogP contribution in [-0.4, -0.2) is 19.4 Å². The molecule has 1 unspecified atom stereocenters. The van der Waals surface area contributed by atoms with Crippen LogP contribution in [0.2, 0.25) is 0 Å². The van der Waals surface area contributed by atoms with E-state index in [1.807, 2.05) is 0 Å². The van der Waals surface area contributed by atoms with Crippen molar-refractivity contribution in [3.05, 3.63) is 0 Å². The molecule has 7 heavy (non-hydrogen) atoms. The van der Waals surface area contributed by atoms with Crippen molar-refractivity contribution in [3.8, 4) is 0 Å². The summed E-state index contributed by atoms with van der Waals surface area (Å²) in [5.41, 5.74) is 0. The standard InChI is InChI=1S/C4H11BOS/c1-3-4-7(5)6-2/h7H,3-4H2,1-2H3. The van der Waals surface area contributed by atoms with Crippen molar-refractivity contribution < 1.29 is 4.18 Å². The van der Waals surface area contributed by atoms with Crippen molar-refractivity contribution in [1.82, 2.24) is 0 Å². The third kappa shape index (κ3) is 4.22. The van der Waals surface area contributed by atoms with Crippen LogP contribution in [0.3, 0.4) is 0 Å². The Morgan fingerprint density at radius 2 is 2.29 bits per heavy atom. The average Bonchev–Trinajstić information content (AvgIpc) is 1.68. The first-order valence-electron chi connectivity index (χ1n) is 2.37. The van der Waals surface area contributed by atoms with Crippen LogP contribution in [-0.2, 0) is 4.18 Å². The summed E-state index contributed by atoms with van der Waals surface area (Å²) >= 11 is 0. The van der Waals surface area contributed by atoms with Gasteiger partial charge in [0.15, 0.2) is 0 Å². The number of rotatable bonds is 1. The van der Waals surface area contributed by atoms with Gasteiger partial charge in [0.05, 0.1) is 0 Å². The molecule has 0 amide bonds. The molecule has 0 bridgehead atoms. The van der Waals surface area contributed by atoms with E-state index in [-0.39, 0.29) is 0 Å². The molecule has 0 aromatic rings. The predicted molar refractivity (Wildman–Crippen MR) is 36.9 cm³/mol. The Morgan fingerprint density at radius 3 is 2.43 bits per heavy atom. The quantitative estimate of drug-likeness (QED) is 0.399. The monoisotopic (exact) mass is 118 g/mol. The number of hydrogen-bond donors (Lipinski definition) is 1. The molecule has 3 heteroatoms. The fourth-order valence-corrected chi connectivity index (χ4v) is 0.935. The van der Waals surface area contributed by atoms with Crippen LogP contribution in [0.4, 0.5) is 0 Å². The van der Waals surface area contributed by atoms with Gasteiger partial charge in [-0.25, -0.2) is 0 Å². The molecule has 0 fully saturated rings. The second-order valence-corrected chi connectivity index (χ2v) is 2.97. The zero-order valence-electron chi connectivity index (χ0n) is 4.85. The molecule has 0 aromatic heterocycles. The molecular weight excluding hydrogens is 107 g/mol. The summed E-state index contributed by atoms with van der Waals surface area (Å²) in [7, 11) is 1.08. The first kappa shape index (κ1) is 7.37. The molecule has 0 aliphatic rings. The van der Waals surface area contributed by atoms with Gasteiger partial charge in [-0.1, -0.05) is 0 Å². The van der Waals surface area contributed by atoms with Gasteiger partial charge < -0.3 is 0 Å². The van der Waals surface area contributed by atoms with E-state index in [4.69, 9.17) is 10.7 Å². The Labute approximate surface area is 48.1 Å². The summed E-state index contributed by atoms with van der Waals surface area (Å²) in [6.45, 7) is 7.52. The van der Waals surface area contributed by atoms with Crippen molar-refractivity contribution in [2.45, 2.75) is 13.3 Å². The minimum absolute atomic E-state index is 0.578. The molecule has 0 aliphatic heterocycles. The fraction of sp³-hybridized carbons (Fsp3) is 1.00. The van der Waals surface area contributed by atoms with Crippen LogP contribution >= 0.6 is 10.4 Å². The van der Waals surface area contributed by atoms with Gasteiger partial charge in [-0.05, 0) is 0 Å². The SMILES string of the molecule is B#[SH](CCC)OC. The Bertz CT molecular complexity index is 93.6. The third-order valence-electron chi connectivity index (χ3n) is 0.679. The summed E-state index contributed by atoms with van der Waals surface area (Å²) in [6.07, 6.45) is 1.12. The molecule has 0 heterocycles. The van der Waals surface area contributed by atoms with Crippen molar-refractivity contribution in [3.63, 3.8) is 0 Å². The molecule has 0 saturated heterocycles. The summed E-state index contributed by atoms with van der Waals surface area (Å²) in [5, 5.41) is 0. The molecule has 0 saturated carbocycles. The van der Waals surface area contributed by atoms with Gasteiger partial charge in [0.1, 0.15) is 0 Å². The molecule has 0 aromatic carbocycles. The molecule has 42 valence electrons. The van der Waals surface area contributed by atoms with Crippen LogP contribution < -0.4 is 0 Å². The maximum atomic E-state index is 5.43. The summed E-state index contributed by atoms with van der Waals surface area (Å²) < 4.78 is 4.83. The van der Waals surface area contributed by atoms with E-state index >= 15 is 0 Å². The summed E-state index contributed by atoms with van der Waals surface area (Å²) in [6, 6.07) is 0. The van der Waals surface area contributed by atoms with E-state index in [1.165, 1.54) is 0 Å². The van der Waals surface area contributed by atoms with Gasteiger partial charge in [0, 0.05) is 0 Å². The van der Waals surface area contributed by atoms with Crippen molar-refractivity contribution in [2.24, 2.45) is 0 Å². The second kappa shape index (κ2) is 4.53. The Balaban J connectivity index is 3.07. The van der Waals surface area contributed by atoms with Gasteiger partial charge in [-0.3, -0.25) is 0 Å². The molecule has 0 aliphatic carbocycles. The molecule has 0 rings (SSSR count). The molecular formula is C4H11BOS. The van der Waals surface area contributed by atoms with Crippen LogP contribution in [0.5, 0.6) is 0 Å². The predicted octanol–water partition coefficient (Wildman–Crippen LogP) is 1.04. The second-order valence-electron chi connectivity index (χ2n) is 1.32. The normalized spacial score (nSPS) is 14.3. The Morgan fingerprint density at radius 1 is 1.71 bits per heavy atom. The van der Waals surface area contributed by atoms with E-state index in [0.717, 1.165) is 12.2 Å². The van der Waals surface area contributed by atoms with Gasteiger partial charge >= 0.3 is 47.3 Å². The molecule has 1 atom stereocenters. The minimum atomic E-state index is -0.578. The first-order valence-corrected chi connectivity index (χ1v) is 3.89. The number of hydrogen-bond acceptors (Lipinski definition) is 1. The van der Waals surface area contributed by atoms with E-state index in [9.17, 15) is 0 Å². The zero-order valence-corrected chi connectivity index (χ0v) is 5.74. The fourth-order valence-electron chi connectivity index (χ4n) is 0.312.